The van der Waals surface area contributed by atoms with Gasteiger partial charge in [-0.2, -0.15) is 0 Å². The summed E-state index contributed by atoms with van der Waals surface area (Å²) < 4.78 is 0. The largest absolute Gasteiger partial charge is 0.300 e. The Labute approximate surface area is 156 Å². The number of carbonyl (C=O) groups excluding carboxylic acids is 1. The molecule has 0 aromatic heterocycles. The van der Waals surface area contributed by atoms with Gasteiger partial charge in [-0.1, -0.05) is 52.7 Å². The lowest BCUT2D eigenvalue weighted by Crippen LogP contribution is -2.50. The maximum Gasteiger partial charge on any atom is 0.133 e. The Kier molecular flexibility index (Phi) is 5.26. The molecule has 1 heteroatoms. The molecule has 3 saturated carbocycles. The molecule has 0 bridgehead atoms. The normalized spacial score (nSPS) is 48.2. The van der Waals surface area contributed by atoms with E-state index < -0.39 is 0 Å². The van der Waals surface area contributed by atoms with Crippen LogP contribution in [0.3, 0.4) is 0 Å². The molecule has 0 aromatic rings. The Morgan fingerprint density at radius 1 is 1.12 bits per heavy atom. The van der Waals surface area contributed by atoms with Gasteiger partial charge < -0.3 is 0 Å². The van der Waals surface area contributed by atoms with E-state index in [1.807, 2.05) is 20.8 Å². The van der Waals surface area contributed by atoms with E-state index in [0.29, 0.717) is 23.0 Å². The Morgan fingerprint density at radius 3 is 2.52 bits per heavy atom. The molecule has 7 unspecified atom stereocenters. The molecule has 4 aliphatic carbocycles. The molecule has 0 aliphatic heterocycles. The standard InChI is InChI=1S/C22H34O.C2H6/c1-14-13-19-17-9-8-16-7-5-6-11-21(16,3)18(17)10-12-22(19,4)20(14)15(2)23;1-2/h8,14,17-20H,5-7,9-13H2,1-4H3;1-2H3. The Balaban J connectivity index is 0.000000880. The van der Waals surface area contributed by atoms with Crippen LogP contribution in [0, 0.1) is 40.4 Å². The number of carbonyl (C=O) groups is 1. The monoisotopic (exact) mass is 344 g/mol. The molecule has 3 fully saturated rings. The van der Waals surface area contributed by atoms with Crippen LogP contribution < -0.4 is 0 Å². The predicted molar refractivity (Wildman–Crippen MR) is 106 cm³/mol. The highest BCUT2D eigenvalue weighted by molar-refractivity contribution is 5.80. The van der Waals surface area contributed by atoms with Crippen molar-refractivity contribution in [1.29, 1.82) is 0 Å². The van der Waals surface area contributed by atoms with Gasteiger partial charge >= 0.3 is 0 Å². The van der Waals surface area contributed by atoms with Gasteiger partial charge in [0.25, 0.3) is 0 Å². The Morgan fingerprint density at radius 2 is 1.84 bits per heavy atom. The highest BCUT2D eigenvalue weighted by Gasteiger charge is 2.60. The van der Waals surface area contributed by atoms with Crippen LogP contribution in [-0.2, 0) is 4.79 Å². The van der Waals surface area contributed by atoms with Gasteiger partial charge in [0.15, 0.2) is 0 Å². The van der Waals surface area contributed by atoms with Crippen LogP contribution in [0.25, 0.3) is 0 Å². The smallest absolute Gasteiger partial charge is 0.133 e. The van der Waals surface area contributed by atoms with E-state index in [9.17, 15) is 4.79 Å². The zero-order valence-corrected chi connectivity index (χ0v) is 17.5. The van der Waals surface area contributed by atoms with Gasteiger partial charge in [0.05, 0.1) is 0 Å². The summed E-state index contributed by atoms with van der Waals surface area (Å²) in [6.07, 6.45) is 13.5. The van der Waals surface area contributed by atoms with Gasteiger partial charge in [-0.05, 0) is 86.4 Å². The minimum absolute atomic E-state index is 0.281. The van der Waals surface area contributed by atoms with E-state index in [2.05, 4.69) is 26.8 Å². The van der Waals surface area contributed by atoms with E-state index in [1.165, 1.54) is 51.4 Å². The third-order valence-corrected chi connectivity index (χ3v) is 8.80. The second-order valence-corrected chi connectivity index (χ2v) is 9.81. The fourth-order valence-corrected chi connectivity index (χ4v) is 7.93. The quantitative estimate of drug-likeness (QED) is 0.477. The number of hydrogen-bond acceptors (Lipinski definition) is 1. The topological polar surface area (TPSA) is 17.1 Å². The molecule has 7 atom stereocenters. The highest BCUT2D eigenvalue weighted by Crippen LogP contribution is 2.67. The Hall–Kier alpha value is -0.590. The molecule has 0 aromatic carbocycles. The van der Waals surface area contributed by atoms with Gasteiger partial charge in [-0.15, -0.1) is 0 Å². The minimum atomic E-state index is 0.281. The van der Waals surface area contributed by atoms with Crippen molar-refractivity contribution >= 4 is 5.78 Å². The molecule has 25 heavy (non-hydrogen) atoms. The number of Topliss-reactive ketones (excluding diaryl/α,β-unsaturated/α-hetero) is 1. The molecular formula is C24H40O. The van der Waals surface area contributed by atoms with Crippen LogP contribution in [0.4, 0.5) is 0 Å². The summed E-state index contributed by atoms with van der Waals surface area (Å²) in [6, 6.07) is 0. The number of hydrogen-bond donors (Lipinski definition) is 0. The first-order valence-electron chi connectivity index (χ1n) is 11.1. The summed E-state index contributed by atoms with van der Waals surface area (Å²) >= 11 is 0. The van der Waals surface area contributed by atoms with Crippen molar-refractivity contribution in [2.24, 2.45) is 40.4 Å². The first kappa shape index (κ1) is 19.2. The van der Waals surface area contributed by atoms with Crippen LogP contribution in [0.5, 0.6) is 0 Å². The van der Waals surface area contributed by atoms with Crippen LogP contribution in [0.15, 0.2) is 11.6 Å². The number of ketones is 1. The Bertz CT molecular complexity index is 546. The van der Waals surface area contributed by atoms with E-state index in [-0.39, 0.29) is 5.41 Å². The molecule has 142 valence electrons. The fraction of sp³-hybridized carbons (Fsp3) is 0.875. The maximum absolute atomic E-state index is 12.4. The lowest BCUT2D eigenvalue weighted by molar-refractivity contribution is -0.128. The average Bonchev–Trinajstić information content (AvgIpc) is 2.86. The molecule has 4 aliphatic rings. The SMILES string of the molecule is CC.CC(=O)C1C(C)CC2C3CC=C4CCCCC4(C)C3CCC21C. The van der Waals surface area contributed by atoms with Crippen molar-refractivity contribution in [3.05, 3.63) is 11.6 Å². The molecule has 0 spiro atoms. The molecular weight excluding hydrogens is 304 g/mol. The molecule has 0 radical (unpaired) electrons. The highest BCUT2D eigenvalue weighted by atomic mass is 16.1. The second-order valence-electron chi connectivity index (χ2n) is 9.81. The lowest BCUT2D eigenvalue weighted by Gasteiger charge is -2.57. The van der Waals surface area contributed by atoms with Crippen LogP contribution in [0.2, 0.25) is 0 Å². The van der Waals surface area contributed by atoms with Gasteiger partial charge in [0.1, 0.15) is 5.78 Å². The van der Waals surface area contributed by atoms with Crippen molar-refractivity contribution < 1.29 is 4.79 Å². The first-order valence-corrected chi connectivity index (χ1v) is 11.1. The molecule has 0 heterocycles. The van der Waals surface area contributed by atoms with Gasteiger partial charge in [0, 0.05) is 5.92 Å². The molecule has 0 saturated heterocycles. The van der Waals surface area contributed by atoms with E-state index in [0.717, 1.165) is 17.8 Å². The number of rotatable bonds is 1. The molecule has 0 N–H and O–H groups in total. The van der Waals surface area contributed by atoms with E-state index in [1.54, 1.807) is 5.57 Å². The summed E-state index contributed by atoms with van der Waals surface area (Å²) in [6.45, 7) is 13.2. The van der Waals surface area contributed by atoms with Crippen LogP contribution >= 0.6 is 0 Å². The van der Waals surface area contributed by atoms with Crippen molar-refractivity contribution in [2.75, 3.05) is 0 Å². The van der Waals surface area contributed by atoms with Gasteiger partial charge in [-0.25, -0.2) is 0 Å². The fourth-order valence-electron chi connectivity index (χ4n) is 7.93. The third-order valence-electron chi connectivity index (χ3n) is 8.80. The van der Waals surface area contributed by atoms with E-state index in [4.69, 9.17) is 0 Å². The van der Waals surface area contributed by atoms with Crippen molar-refractivity contribution in [3.8, 4) is 0 Å². The summed E-state index contributed by atoms with van der Waals surface area (Å²) in [4.78, 5) is 12.4. The summed E-state index contributed by atoms with van der Waals surface area (Å²) in [5.41, 5.74) is 2.56. The van der Waals surface area contributed by atoms with E-state index >= 15 is 0 Å². The van der Waals surface area contributed by atoms with Crippen molar-refractivity contribution in [1.82, 2.24) is 0 Å². The lowest BCUT2D eigenvalue weighted by atomic mass is 9.47. The number of fused-ring (bicyclic) bond motifs is 5. The summed E-state index contributed by atoms with van der Waals surface area (Å²) in [7, 11) is 0. The minimum Gasteiger partial charge on any atom is -0.300 e. The molecule has 1 nitrogen and oxygen atoms in total. The van der Waals surface area contributed by atoms with Crippen molar-refractivity contribution in [3.63, 3.8) is 0 Å². The second kappa shape index (κ2) is 6.86. The van der Waals surface area contributed by atoms with Crippen LogP contribution in [0.1, 0.15) is 92.9 Å². The van der Waals surface area contributed by atoms with Crippen LogP contribution in [-0.4, -0.2) is 5.78 Å². The summed E-state index contributed by atoms with van der Waals surface area (Å²) in [5.74, 6) is 3.87. The van der Waals surface area contributed by atoms with Crippen molar-refractivity contribution in [2.45, 2.75) is 92.9 Å². The molecule has 4 rings (SSSR count). The zero-order valence-electron chi connectivity index (χ0n) is 17.5. The van der Waals surface area contributed by atoms with Gasteiger partial charge in [-0.3, -0.25) is 4.79 Å². The van der Waals surface area contributed by atoms with Gasteiger partial charge in [0.2, 0.25) is 0 Å². The summed E-state index contributed by atoms with van der Waals surface area (Å²) in [5, 5.41) is 0. The third kappa shape index (κ3) is 2.76. The number of allylic oxidation sites excluding steroid dienone is 2. The average molecular weight is 345 g/mol. The maximum atomic E-state index is 12.4. The predicted octanol–water partition coefficient (Wildman–Crippen LogP) is 6.82. The molecule has 0 amide bonds. The zero-order chi connectivity index (χ0) is 18.4. The first-order chi connectivity index (χ1) is 11.9.